The molecule has 2 aromatic heterocycles. The summed E-state index contributed by atoms with van der Waals surface area (Å²) in [5.74, 6) is -1.39. The van der Waals surface area contributed by atoms with E-state index >= 15 is 0 Å². The third-order valence-corrected chi connectivity index (χ3v) is 2.23. The second-order valence-corrected chi connectivity index (χ2v) is 3.42. The molecule has 0 amide bonds. The molecule has 0 aromatic carbocycles. The monoisotopic (exact) mass is 223 g/mol. The van der Waals surface area contributed by atoms with Gasteiger partial charge >= 0.3 is 5.97 Å². The number of rotatable bonds is 1. The van der Waals surface area contributed by atoms with Crippen LogP contribution in [-0.2, 0) is 4.74 Å². The smallest absolute Gasteiger partial charge is 0.361 e. The van der Waals surface area contributed by atoms with Crippen LogP contribution in [0.1, 0.15) is 21.9 Å². The predicted octanol–water partition coefficient (Wildman–Crippen LogP) is 1.27. The molecule has 2 rings (SSSR count). The first-order chi connectivity index (χ1) is 7.54. The van der Waals surface area contributed by atoms with E-state index < -0.39 is 11.9 Å². The molecule has 0 unspecified atom stereocenters. The van der Waals surface area contributed by atoms with E-state index in [1.54, 1.807) is 19.9 Å². The number of fused-ring (bicyclic) bond motifs is 1. The van der Waals surface area contributed by atoms with E-state index in [0.29, 0.717) is 11.4 Å². The molecule has 6 heteroatoms. The van der Waals surface area contributed by atoms with Gasteiger partial charge in [0.1, 0.15) is 0 Å². The molecule has 16 heavy (non-hydrogen) atoms. The van der Waals surface area contributed by atoms with Gasteiger partial charge in [-0.25, -0.2) is 14.8 Å². The second kappa shape index (κ2) is 3.55. The Morgan fingerprint density at radius 3 is 2.75 bits per heavy atom. The first-order valence-electron chi connectivity index (χ1n) is 4.65. The van der Waals surface area contributed by atoms with Gasteiger partial charge in [0.15, 0.2) is 0 Å². The third kappa shape index (κ3) is 1.42. The van der Waals surface area contributed by atoms with Crippen molar-refractivity contribution in [3.63, 3.8) is 0 Å². The van der Waals surface area contributed by atoms with Gasteiger partial charge in [0.05, 0.1) is 7.11 Å². The van der Waals surface area contributed by atoms with E-state index in [1.165, 1.54) is 11.5 Å². The number of hydrogen-bond donors (Lipinski definition) is 0. The summed E-state index contributed by atoms with van der Waals surface area (Å²) in [5, 5.41) is 0. The zero-order chi connectivity index (χ0) is 11.9. The highest BCUT2D eigenvalue weighted by molar-refractivity contribution is 5.88. The van der Waals surface area contributed by atoms with Crippen molar-refractivity contribution in [1.29, 1.82) is 0 Å². The van der Waals surface area contributed by atoms with E-state index in [0.717, 1.165) is 0 Å². The van der Waals surface area contributed by atoms with Gasteiger partial charge in [-0.1, -0.05) is 0 Å². The third-order valence-electron chi connectivity index (χ3n) is 2.23. The molecule has 0 aliphatic rings. The molecule has 2 aromatic rings. The van der Waals surface area contributed by atoms with Crippen LogP contribution in [0.2, 0.25) is 0 Å². The zero-order valence-corrected chi connectivity index (χ0v) is 9.11. The molecular weight excluding hydrogens is 213 g/mol. The largest absolute Gasteiger partial charge is 0.464 e. The lowest BCUT2D eigenvalue weighted by Gasteiger charge is -2.00. The Morgan fingerprint density at radius 1 is 1.44 bits per heavy atom. The van der Waals surface area contributed by atoms with E-state index in [1.807, 2.05) is 0 Å². The molecule has 0 bridgehead atoms. The van der Waals surface area contributed by atoms with Crippen LogP contribution >= 0.6 is 0 Å². The molecule has 0 spiro atoms. The lowest BCUT2D eigenvalue weighted by Crippen LogP contribution is -2.05. The summed E-state index contributed by atoms with van der Waals surface area (Å²) in [4.78, 5) is 19.1. The first kappa shape index (κ1) is 10.5. The van der Waals surface area contributed by atoms with Crippen molar-refractivity contribution in [1.82, 2.24) is 14.4 Å². The van der Waals surface area contributed by atoms with Crippen molar-refractivity contribution in [2.45, 2.75) is 13.8 Å². The van der Waals surface area contributed by atoms with Crippen LogP contribution in [0.25, 0.3) is 5.78 Å². The number of esters is 1. The highest BCUT2D eigenvalue weighted by Gasteiger charge is 2.21. The average molecular weight is 223 g/mol. The number of aromatic nitrogens is 3. The Balaban J connectivity index is 2.78. The van der Waals surface area contributed by atoms with Crippen molar-refractivity contribution in [3.05, 3.63) is 29.1 Å². The molecule has 0 aliphatic carbocycles. The maximum absolute atomic E-state index is 13.8. The fourth-order valence-corrected chi connectivity index (χ4v) is 1.56. The summed E-state index contributed by atoms with van der Waals surface area (Å²) in [6.07, 6.45) is 0. The average Bonchev–Trinajstić information content (AvgIpc) is 2.54. The molecule has 0 aliphatic heterocycles. The molecule has 0 fully saturated rings. The zero-order valence-electron chi connectivity index (χ0n) is 9.11. The van der Waals surface area contributed by atoms with Crippen molar-refractivity contribution in [3.8, 4) is 0 Å². The highest BCUT2D eigenvalue weighted by Crippen LogP contribution is 2.13. The van der Waals surface area contributed by atoms with Gasteiger partial charge in [-0.3, -0.25) is 4.40 Å². The van der Waals surface area contributed by atoms with Crippen LogP contribution in [0.3, 0.4) is 0 Å². The number of methoxy groups -OCH3 is 1. The minimum Gasteiger partial charge on any atom is -0.464 e. The maximum atomic E-state index is 13.8. The van der Waals surface area contributed by atoms with E-state index in [9.17, 15) is 9.18 Å². The molecule has 5 nitrogen and oxygen atoms in total. The normalized spacial score (nSPS) is 10.8. The maximum Gasteiger partial charge on any atom is 0.361 e. The van der Waals surface area contributed by atoms with Crippen molar-refractivity contribution < 1.29 is 13.9 Å². The van der Waals surface area contributed by atoms with Gasteiger partial charge in [0.2, 0.25) is 17.4 Å². The summed E-state index contributed by atoms with van der Waals surface area (Å²) < 4.78 is 19.4. The van der Waals surface area contributed by atoms with Gasteiger partial charge in [-0.15, -0.1) is 0 Å². The molecule has 84 valence electrons. The van der Waals surface area contributed by atoms with Crippen molar-refractivity contribution >= 4 is 11.7 Å². The van der Waals surface area contributed by atoms with Crippen LogP contribution < -0.4 is 0 Å². The highest BCUT2D eigenvalue weighted by atomic mass is 19.1. The standard InChI is InChI=1S/C10H10FN3O2/c1-5-4-6(2)14-8(11)7(9(15)16-3)13-10(14)12-5/h4H,1-3H3. The SMILES string of the molecule is COC(=O)c1nc2nc(C)cc(C)n2c1F. The van der Waals surface area contributed by atoms with Crippen LogP contribution in [-0.4, -0.2) is 27.4 Å². The molecule has 2 heterocycles. The number of hydrogen-bond acceptors (Lipinski definition) is 4. The molecule has 0 saturated carbocycles. The van der Waals surface area contributed by atoms with E-state index in [2.05, 4.69) is 14.7 Å². The van der Waals surface area contributed by atoms with Gasteiger partial charge < -0.3 is 4.74 Å². The summed E-state index contributed by atoms with van der Waals surface area (Å²) in [5.41, 5.74) is 0.998. The second-order valence-electron chi connectivity index (χ2n) is 3.42. The Labute approximate surface area is 90.9 Å². The van der Waals surface area contributed by atoms with E-state index in [4.69, 9.17) is 0 Å². The van der Waals surface area contributed by atoms with Gasteiger partial charge in [-0.2, -0.15) is 4.39 Å². The van der Waals surface area contributed by atoms with E-state index in [-0.39, 0.29) is 11.5 Å². The fourth-order valence-electron chi connectivity index (χ4n) is 1.56. The molecular formula is C10H10FN3O2. The molecule has 0 radical (unpaired) electrons. The predicted molar refractivity (Wildman–Crippen MR) is 53.8 cm³/mol. The summed E-state index contributed by atoms with van der Waals surface area (Å²) in [7, 11) is 1.18. The Kier molecular flexibility index (Phi) is 2.34. The number of halogens is 1. The minimum absolute atomic E-state index is 0.162. The van der Waals surface area contributed by atoms with Crippen LogP contribution in [0.5, 0.6) is 0 Å². The van der Waals surface area contributed by atoms with Crippen LogP contribution in [0.4, 0.5) is 4.39 Å². The number of aryl methyl sites for hydroxylation is 2. The quantitative estimate of drug-likeness (QED) is 0.683. The van der Waals surface area contributed by atoms with Crippen molar-refractivity contribution in [2.24, 2.45) is 0 Å². The minimum atomic E-state index is -0.806. The topological polar surface area (TPSA) is 56.5 Å². The van der Waals surface area contributed by atoms with Gasteiger partial charge in [0, 0.05) is 11.4 Å². The number of carbonyl (C=O) groups is 1. The van der Waals surface area contributed by atoms with Crippen LogP contribution in [0.15, 0.2) is 6.07 Å². The lowest BCUT2D eigenvalue weighted by atomic mass is 10.3. The molecule has 0 atom stereocenters. The van der Waals surface area contributed by atoms with Gasteiger partial charge in [0.25, 0.3) is 0 Å². The summed E-state index contributed by atoms with van der Waals surface area (Å²) in [6, 6.07) is 1.71. The number of carbonyl (C=O) groups excluding carboxylic acids is 1. The van der Waals surface area contributed by atoms with Crippen LogP contribution in [0, 0.1) is 19.8 Å². The number of nitrogens with zero attached hydrogens (tertiary/aromatic N) is 3. The Bertz CT molecular complexity index is 577. The Hall–Kier alpha value is -1.98. The number of ether oxygens (including phenoxy) is 1. The Morgan fingerprint density at radius 2 is 2.12 bits per heavy atom. The number of imidazole rings is 1. The fraction of sp³-hybridized carbons (Fsp3) is 0.300. The van der Waals surface area contributed by atoms with Gasteiger partial charge in [-0.05, 0) is 19.9 Å². The van der Waals surface area contributed by atoms with Crippen molar-refractivity contribution in [2.75, 3.05) is 7.11 Å². The molecule has 0 saturated heterocycles. The summed E-state index contributed by atoms with van der Waals surface area (Å²) >= 11 is 0. The lowest BCUT2D eigenvalue weighted by molar-refractivity contribution is 0.0589. The summed E-state index contributed by atoms with van der Waals surface area (Å²) in [6.45, 7) is 3.49. The molecule has 0 N–H and O–H groups in total. The first-order valence-corrected chi connectivity index (χ1v) is 4.65.